The molecular weight excluding hydrogens is 380 g/mol. The number of anilines is 1. The number of rotatable bonds is 4. The summed E-state index contributed by atoms with van der Waals surface area (Å²) < 4.78 is 1.26. The standard InChI is InChI=1S/C13H10BrClN2O3S/c14-9-3-1-7(12(18)19)5-10(9)17-13(20)16-6-8-2-4-11(15)21-8/h1-5H,6H2,(H,18,19)(H2,16,17,20). The topological polar surface area (TPSA) is 78.4 Å². The van der Waals surface area contributed by atoms with Gasteiger partial charge in [0.1, 0.15) is 0 Å². The molecule has 0 unspecified atom stereocenters. The van der Waals surface area contributed by atoms with Crippen LogP contribution in [-0.2, 0) is 6.54 Å². The van der Waals surface area contributed by atoms with Gasteiger partial charge in [0, 0.05) is 9.35 Å². The van der Waals surface area contributed by atoms with Gasteiger partial charge in [0.05, 0.1) is 22.1 Å². The van der Waals surface area contributed by atoms with Crippen LogP contribution in [0.1, 0.15) is 15.2 Å². The highest BCUT2D eigenvalue weighted by atomic mass is 79.9. The van der Waals surface area contributed by atoms with Crippen molar-refractivity contribution in [1.29, 1.82) is 0 Å². The lowest BCUT2D eigenvalue weighted by Gasteiger charge is -2.09. The van der Waals surface area contributed by atoms with Crippen LogP contribution in [0.15, 0.2) is 34.8 Å². The molecule has 0 spiro atoms. The fourth-order valence-electron chi connectivity index (χ4n) is 1.53. The average Bonchev–Trinajstić information content (AvgIpc) is 2.84. The first kappa shape index (κ1) is 15.8. The highest BCUT2D eigenvalue weighted by molar-refractivity contribution is 9.10. The van der Waals surface area contributed by atoms with Gasteiger partial charge in [-0.1, -0.05) is 11.6 Å². The zero-order chi connectivity index (χ0) is 15.4. The normalized spacial score (nSPS) is 10.2. The number of aromatic carboxylic acids is 1. The molecular formula is C13H10BrClN2O3S. The van der Waals surface area contributed by atoms with Crippen molar-refractivity contribution in [2.75, 3.05) is 5.32 Å². The van der Waals surface area contributed by atoms with Crippen molar-refractivity contribution < 1.29 is 14.7 Å². The Labute approximate surface area is 138 Å². The molecule has 8 heteroatoms. The van der Waals surface area contributed by atoms with E-state index < -0.39 is 12.0 Å². The molecule has 1 heterocycles. The van der Waals surface area contributed by atoms with E-state index in [4.69, 9.17) is 16.7 Å². The molecule has 1 aromatic carbocycles. The summed E-state index contributed by atoms with van der Waals surface area (Å²) >= 11 is 10.4. The van der Waals surface area contributed by atoms with Crippen molar-refractivity contribution >= 4 is 56.6 Å². The molecule has 0 radical (unpaired) electrons. The summed E-state index contributed by atoms with van der Waals surface area (Å²) in [6.45, 7) is 0.347. The molecule has 0 bridgehead atoms. The first-order chi connectivity index (χ1) is 9.95. The molecule has 1 aromatic heterocycles. The number of carboxylic acids is 1. The van der Waals surface area contributed by atoms with E-state index in [0.29, 0.717) is 21.0 Å². The fourth-order valence-corrected chi connectivity index (χ4v) is 2.91. The third-order valence-corrected chi connectivity index (χ3v) is 4.44. The number of hydrogen-bond acceptors (Lipinski definition) is 3. The number of amides is 2. The predicted molar refractivity (Wildman–Crippen MR) is 86.3 cm³/mol. The molecule has 2 aromatic rings. The van der Waals surface area contributed by atoms with E-state index in [-0.39, 0.29) is 5.56 Å². The summed E-state index contributed by atoms with van der Waals surface area (Å²) in [4.78, 5) is 23.6. The number of halogens is 2. The van der Waals surface area contributed by atoms with Crippen LogP contribution in [0.4, 0.5) is 10.5 Å². The molecule has 2 rings (SSSR count). The Morgan fingerprint density at radius 2 is 2.05 bits per heavy atom. The minimum atomic E-state index is -1.06. The highest BCUT2D eigenvalue weighted by Crippen LogP contribution is 2.24. The Hall–Kier alpha value is -1.57. The van der Waals surface area contributed by atoms with Gasteiger partial charge in [0.2, 0.25) is 0 Å². The van der Waals surface area contributed by atoms with E-state index in [1.807, 2.05) is 6.07 Å². The van der Waals surface area contributed by atoms with Crippen LogP contribution in [0.3, 0.4) is 0 Å². The van der Waals surface area contributed by atoms with Crippen molar-refractivity contribution in [1.82, 2.24) is 5.32 Å². The second-order valence-corrected chi connectivity index (χ2v) is 6.67. The van der Waals surface area contributed by atoms with Gasteiger partial charge < -0.3 is 15.7 Å². The summed E-state index contributed by atoms with van der Waals surface area (Å²) in [7, 11) is 0. The van der Waals surface area contributed by atoms with E-state index in [1.54, 1.807) is 12.1 Å². The van der Waals surface area contributed by atoms with Gasteiger partial charge in [-0.15, -0.1) is 11.3 Å². The highest BCUT2D eigenvalue weighted by Gasteiger charge is 2.10. The minimum absolute atomic E-state index is 0.0959. The molecule has 5 nitrogen and oxygen atoms in total. The Morgan fingerprint density at radius 1 is 1.29 bits per heavy atom. The Morgan fingerprint density at radius 3 is 2.67 bits per heavy atom. The molecule has 0 saturated carbocycles. The second-order valence-electron chi connectivity index (χ2n) is 4.01. The van der Waals surface area contributed by atoms with Crippen molar-refractivity contribution in [3.8, 4) is 0 Å². The van der Waals surface area contributed by atoms with Gasteiger partial charge in [0.25, 0.3) is 0 Å². The van der Waals surface area contributed by atoms with E-state index in [0.717, 1.165) is 4.88 Å². The lowest BCUT2D eigenvalue weighted by Crippen LogP contribution is -2.28. The number of hydrogen-bond donors (Lipinski definition) is 3. The van der Waals surface area contributed by atoms with E-state index >= 15 is 0 Å². The summed E-state index contributed by atoms with van der Waals surface area (Å²) in [5.41, 5.74) is 0.482. The maximum absolute atomic E-state index is 11.8. The van der Waals surface area contributed by atoms with Crippen LogP contribution >= 0.6 is 38.9 Å². The Bertz CT molecular complexity index is 690. The lowest BCUT2D eigenvalue weighted by atomic mass is 10.2. The number of benzene rings is 1. The van der Waals surface area contributed by atoms with Crippen LogP contribution in [-0.4, -0.2) is 17.1 Å². The monoisotopic (exact) mass is 388 g/mol. The zero-order valence-corrected chi connectivity index (χ0v) is 13.7. The van der Waals surface area contributed by atoms with E-state index in [1.165, 1.54) is 23.5 Å². The largest absolute Gasteiger partial charge is 0.478 e. The van der Waals surface area contributed by atoms with Gasteiger partial charge >= 0.3 is 12.0 Å². The molecule has 0 saturated heterocycles. The summed E-state index contributed by atoms with van der Waals surface area (Å²) in [6.07, 6.45) is 0. The lowest BCUT2D eigenvalue weighted by molar-refractivity contribution is 0.0697. The van der Waals surface area contributed by atoms with Gasteiger partial charge in [0.15, 0.2) is 0 Å². The van der Waals surface area contributed by atoms with Crippen LogP contribution in [0.5, 0.6) is 0 Å². The quantitative estimate of drug-likeness (QED) is 0.734. The third kappa shape index (κ3) is 4.45. The number of carbonyl (C=O) groups excluding carboxylic acids is 1. The van der Waals surface area contributed by atoms with Gasteiger partial charge in [-0.3, -0.25) is 0 Å². The van der Waals surface area contributed by atoms with Crippen LogP contribution < -0.4 is 10.6 Å². The van der Waals surface area contributed by atoms with E-state index in [9.17, 15) is 9.59 Å². The first-order valence-corrected chi connectivity index (χ1v) is 7.76. The molecule has 0 atom stereocenters. The number of nitrogens with one attached hydrogen (secondary N) is 2. The molecule has 2 amide bonds. The van der Waals surface area contributed by atoms with Crippen LogP contribution in [0.2, 0.25) is 4.34 Å². The minimum Gasteiger partial charge on any atom is -0.478 e. The number of carboxylic acid groups (broad SMARTS) is 1. The average molecular weight is 390 g/mol. The smallest absolute Gasteiger partial charge is 0.335 e. The van der Waals surface area contributed by atoms with Gasteiger partial charge in [-0.05, 0) is 46.3 Å². The number of carbonyl (C=O) groups is 2. The van der Waals surface area contributed by atoms with Gasteiger partial charge in [-0.25, -0.2) is 9.59 Å². The summed E-state index contributed by atoms with van der Waals surface area (Å²) in [5.74, 6) is -1.06. The van der Waals surface area contributed by atoms with Crippen LogP contribution in [0.25, 0.3) is 0 Å². The van der Waals surface area contributed by atoms with Gasteiger partial charge in [-0.2, -0.15) is 0 Å². The zero-order valence-electron chi connectivity index (χ0n) is 10.5. The maximum Gasteiger partial charge on any atom is 0.335 e. The van der Waals surface area contributed by atoms with Crippen molar-refractivity contribution in [3.05, 3.63) is 49.6 Å². The SMILES string of the molecule is O=C(NCc1ccc(Cl)s1)Nc1cc(C(=O)O)ccc1Br. The van der Waals surface area contributed by atoms with Crippen molar-refractivity contribution in [2.45, 2.75) is 6.54 Å². The molecule has 0 aliphatic rings. The molecule has 21 heavy (non-hydrogen) atoms. The van der Waals surface area contributed by atoms with Crippen molar-refractivity contribution in [3.63, 3.8) is 0 Å². The second kappa shape index (κ2) is 6.93. The summed E-state index contributed by atoms with van der Waals surface area (Å²) in [5, 5.41) is 14.2. The Kier molecular flexibility index (Phi) is 5.22. The number of thiophene rings is 1. The maximum atomic E-state index is 11.8. The molecule has 0 fully saturated rings. The number of urea groups is 1. The molecule has 3 N–H and O–H groups in total. The summed E-state index contributed by atoms with van der Waals surface area (Å²) in [6, 6.07) is 7.56. The predicted octanol–water partition coefficient (Wildman–Crippen LogP) is 4.18. The fraction of sp³-hybridized carbons (Fsp3) is 0.0769. The Balaban J connectivity index is 1.99. The molecule has 110 valence electrons. The van der Waals surface area contributed by atoms with Crippen LogP contribution in [0, 0.1) is 0 Å². The molecule has 0 aliphatic heterocycles. The van der Waals surface area contributed by atoms with E-state index in [2.05, 4.69) is 26.6 Å². The first-order valence-electron chi connectivity index (χ1n) is 5.77. The molecule has 0 aliphatic carbocycles. The van der Waals surface area contributed by atoms with Crippen molar-refractivity contribution in [2.24, 2.45) is 0 Å². The third-order valence-electron chi connectivity index (χ3n) is 2.51.